The number of hydrogen-bond donors (Lipinski definition) is 1. The minimum Gasteiger partial charge on any atom is -0.356 e. The number of fused-ring (bicyclic) bond motifs is 1. The lowest BCUT2D eigenvalue weighted by atomic mass is 10.2. The summed E-state index contributed by atoms with van der Waals surface area (Å²) >= 11 is 0. The van der Waals surface area contributed by atoms with Crippen LogP contribution in [0.15, 0.2) is 36.0 Å². The second-order valence-corrected chi connectivity index (χ2v) is 8.99. The Morgan fingerprint density at radius 1 is 1.06 bits per heavy atom. The average Bonchev–Trinajstić information content (AvgIpc) is 3.60. The number of nitrogens with one attached hydrogen (secondary N) is 1. The predicted octanol–water partition coefficient (Wildman–Crippen LogP) is 6.31. The van der Waals surface area contributed by atoms with Gasteiger partial charge in [-0.3, -0.25) is 4.79 Å². The van der Waals surface area contributed by atoms with Gasteiger partial charge in [0.25, 0.3) is 0 Å². The number of aromatic nitrogens is 4. The van der Waals surface area contributed by atoms with Gasteiger partial charge in [0.1, 0.15) is 6.33 Å². The number of allylic oxidation sites excluding steroid dienone is 4. The monoisotopic (exact) mass is 484 g/mol. The van der Waals surface area contributed by atoms with Crippen molar-refractivity contribution in [3.63, 3.8) is 0 Å². The summed E-state index contributed by atoms with van der Waals surface area (Å²) in [7, 11) is 0. The fourth-order valence-corrected chi connectivity index (χ4v) is 3.41. The molecule has 0 aromatic carbocycles. The van der Waals surface area contributed by atoms with Crippen molar-refractivity contribution >= 4 is 22.9 Å². The summed E-state index contributed by atoms with van der Waals surface area (Å²) < 4.78 is 2.13. The van der Waals surface area contributed by atoms with E-state index in [1.807, 2.05) is 27.1 Å². The highest BCUT2D eigenvalue weighted by molar-refractivity contribution is 5.83. The molecule has 1 aliphatic rings. The standard InChI is InChI=1S/C21H31N5.C5H11NO.C2H6/c1-5-11-25(13-18-9-10-18)20-19-21(23-14-22-20)26(15-24-19)12-17(4)8-7-16(3)6-2;1-3-4-6-5(2)7;1-2/h7-8,14-15,18H,5-6,9-13H2,1-4H3;3-4H2,1-2H3,(H,6,7);1-2H3/b16-7-,17-8-;;. The van der Waals surface area contributed by atoms with Crippen molar-refractivity contribution in [2.45, 2.75) is 94.0 Å². The van der Waals surface area contributed by atoms with Crippen molar-refractivity contribution in [3.05, 3.63) is 36.0 Å². The predicted molar refractivity (Wildman–Crippen MR) is 149 cm³/mol. The quantitative estimate of drug-likeness (QED) is 0.378. The molecule has 2 aromatic heterocycles. The van der Waals surface area contributed by atoms with Gasteiger partial charge in [0, 0.05) is 33.1 Å². The van der Waals surface area contributed by atoms with Crippen LogP contribution in [-0.2, 0) is 11.3 Å². The maximum Gasteiger partial charge on any atom is 0.216 e. The van der Waals surface area contributed by atoms with Gasteiger partial charge in [-0.25, -0.2) is 15.0 Å². The van der Waals surface area contributed by atoms with E-state index in [-0.39, 0.29) is 5.91 Å². The molecule has 1 amide bonds. The number of anilines is 1. The lowest BCUT2D eigenvalue weighted by Crippen LogP contribution is -2.27. The second-order valence-electron chi connectivity index (χ2n) is 8.99. The molecule has 3 rings (SSSR count). The minimum absolute atomic E-state index is 0.0573. The van der Waals surface area contributed by atoms with Crippen LogP contribution in [0.4, 0.5) is 5.82 Å². The summed E-state index contributed by atoms with van der Waals surface area (Å²) in [5.41, 5.74) is 4.53. The normalized spacial score (nSPS) is 13.5. The van der Waals surface area contributed by atoms with Crippen LogP contribution in [0.5, 0.6) is 0 Å². The number of rotatable bonds is 11. The summed E-state index contributed by atoms with van der Waals surface area (Å²) in [6, 6.07) is 0. The number of amides is 1. The Morgan fingerprint density at radius 3 is 2.29 bits per heavy atom. The Hall–Kier alpha value is -2.70. The molecule has 35 heavy (non-hydrogen) atoms. The zero-order valence-corrected chi connectivity index (χ0v) is 23.4. The fraction of sp³-hybridized carbons (Fsp3) is 0.643. The van der Waals surface area contributed by atoms with Gasteiger partial charge in [-0.15, -0.1) is 0 Å². The number of nitrogens with zero attached hydrogens (tertiary/aromatic N) is 5. The molecule has 0 aliphatic heterocycles. The van der Waals surface area contributed by atoms with E-state index in [0.29, 0.717) is 0 Å². The van der Waals surface area contributed by atoms with Gasteiger partial charge in [0.15, 0.2) is 17.0 Å². The Kier molecular flexibility index (Phi) is 14.6. The molecule has 1 saturated carbocycles. The molecular weight excluding hydrogens is 436 g/mol. The molecule has 1 fully saturated rings. The van der Waals surface area contributed by atoms with Crippen molar-refractivity contribution in [1.29, 1.82) is 0 Å². The van der Waals surface area contributed by atoms with Gasteiger partial charge in [-0.05, 0) is 51.9 Å². The summed E-state index contributed by atoms with van der Waals surface area (Å²) in [5.74, 6) is 1.88. The van der Waals surface area contributed by atoms with E-state index >= 15 is 0 Å². The largest absolute Gasteiger partial charge is 0.356 e. The summed E-state index contributed by atoms with van der Waals surface area (Å²) in [4.78, 5) is 26.3. The molecule has 0 bridgehead atoms. The van der Waals surface area contributed by atoms with E-state index in [1.165, 1.54) is 30.9 Å². The number of hydrogen-bond acceptors (Lipinski definition) is 5. The Morgan fingerprint density at radius 2 is 1.74 bits per heavy atom. The maximum absolute atomic E-state index is 10.1. The zero-order valence-electron chi connectivity index (χ0n) is 23.4. The highest BCUT2D eigenvalue weighted by Crippen LogP contribution is 2.32. The molecule has 0 unspecified atom stereocenters. The summed E-state index contributed by atoms with van der Waals surface area (Å²) in [5, 5.41) is 2.66. The molecule has 1 N–H and O–H groups in total. The van der Waals surface area contributed by atoms with E-state index in [4.69, 9.17) is 0 Å². The van der Waals surface area contributed by atoms with Crippen LogP contribution in [0.1, 0.15) is 87.5 Å². The molecule has 2 aromatic rings. The Bertz CT molecular complexity index is 942. The first-order valence-electron chi connectivity index (χ1n) is 13.4. The van der Waals surface area contributed by atoms with Gasteiger partial charge in [-0.1, -0.05) is 57.9 Å². The van der Waals surface area contributed by atoms with Crippen molar-refractivity contribution in [2.24, 2.45) is 5.92 Å². The first kappa shape index (κ1) is 30.3. The van der Waals surface area contributed by atoms with Gasteiger partial charge >= 0.3 is 0 Å². The lowest BCUT2D eigenvalue weighted by Gasteiger charge is -2.23. The molecule has 7 heteroatoms. The maximum atomic E-state index is 10.1. The van der Waals surface area contributed by atoms with E-state index < -0.39 is 0 Å². The minimum atomic E-state index is 0.0573. The van der Waals surface area contributed by atoms with Crippen LogP contribution >= 0.6 is 0 Å². The summed E-state index contributed by atoms with van der Waals surface area (Å²) in [6.07, 6.45) is 13.9. The van der Waals surface area contributed by atoms with Crippen LogP contribution in [0.3, 0.4) is 0 Å². The Balaban J connectivity index is 0.000000587. The highest BCUT2D eigenvalue weighted by Gasteiger charge is 2.26. The molecule has 0 radical (unpaired) electrons. The molecule has 7 nitrogen and oxygen atoms in total. The molecule has 0 atom stereocenters. The van der Waals surface area contributed by atoms with Crippen molar-refractivity contribution in [1.82, 2.24) is 24.8 Å². The third-order valence-corrected chi connectivity index (χ3v) is 5.60. The average molecular weight is 485 g/mol. The number of imidazole rings is 1. The van der Waals surface area contributed by atoms with Crippen LogP contribution in [0.25, 0.3) is 11.2 Å². The molecule has 0 saturated heterocycles. The summed E-state index contributed by atoms with van der Waals surface area (Å²) in [6.45, 7) is 20.0. The lowest BCUT2D eigenvalue weighted by molar-refractivity contribution is -0.118. The Labute approximate surface area is 213 Å². The topological polar surface area (TPSA) is 75.9 Å². The van der Waals surface area contributed by atoms with E-state index in [0.717, 1.165) is 68.3 Å². The second kappa shape index (κ2) is 16.8. The van der Waals surface area contributed by atoms with Crippen molar-refractivity contribution in [2.75, 3.05) is 24.5 Å². The third-order valence-electron chi connectivity index (χ3n) is 5.60. The smallest absolute Gasteiger partial charge is 0.216 e. The van der Waals surface area contributed by atoms with Crippen LogP contribution < -0.4 is 10.2 Å². The van der Waals surface area contributed by atoms with Crippen LogP contribution in [-0.4, -0.2) is 45.1 Å². The van der Waals surface area contributed by atoms with Crippen LogP contribution in [0, 0.1) is 5.92 Å². The third kappa shape index (κ3) is 11.1. The number of carbonyl (C=O) groups excluding carboxylic acids is 1. The van der Waals surface area contributed by atoms with Gasteiger partial charge in [-0.2, -0.15) is 0 Å². The van der Waals surface area contributed by atoms with E-state index in [9.17, 15) is 4.79 Å². The van der Waals surface area contributed by atoms with Crippen molar-refractivity contribution < 1.29 is 4.79 Å². The SMILES string of the molecule is CC.CCCN(CC1CC1)c1ncnc2c1ncn2C/C(C)=C\C=C(\C)CC.CCCNC(C)=O. The van der Waals surface area contributed by atoms with Crippen molar-refractivity contribution in [3.8, 4) is 0 Å². The molecule has 196 valence electrons. The van der Waals surface area contributed by atoms with Crippen LogP contribution in [0.2, 0.25) is 0 Å². The highest BCUT2D eigenvalue weighted by atomic mass is 16.1. The van der Waals surface area contributed by atoms with E-state index in [2.05, 4.69) is 69.6 Å². The van der Waals surface area contributed by atoms with Gasteiger partial charge in [0.2, 0.25) is 5.91 Å². The molecule has 1 aliphatic carbocycles. The first-order chi connectivity index (χ1) is 16.9. The molecule has 2 heterocycles. The zero-order chi connectivity index (χ0) is 26.2. The first-order valence-corrected chi connectivity index (χ1v) is 13.4. The molecule has 0 spiro atoms. The van der Waals surface area contributed by atoms with Gasteiger partial charge < -0.3 is 14.8 Å². The molecular formula is C28H48N6O. The number of carbonyl (C=O) groups is 1. The fourth-order valence-electron chi connectivity index (χ4n) is 3.41. The van der Waals surface area contributed by atoms with Gasteiger partial charge in [0.05, 0.1) is 6.33 Å². The van der Waals surface area contributed by atoms with E-state index in [1.54, 1.807) is 6.33 Å².